The van der Waals surface area contributed by atoms with E-state index in [0.29, 0.717) is 10.2 Å². The standard InChI is InChI=1S/C15H15Br2NO2S/c1-2-3-11-4-7-13(8-5-11)21(19,20)18-15-9-6-12(16)10-14(15)17/h4-10,18H,2-3H2,1H3. The molecule has 3 nitrogen and oxygen atoms in total. The molecule has 0 unspecified atom stereocenters. The molecule has 1 N–H and O–H groups in total. The van der Waals surface area contributed by atoms with Gasteiger partial charge in [0.25, 0.3) is 10.0 Å². The van der Waals surface area contributed by atoms with Gasteiger partial charge in [-0.05, 0) is 58.2 Å². The van der Waals surface area contributed by atoms with Crippen LogP contribution in [0.25, 0.3) is 0 Å². The predicted octanol–water partition coefficient (Wildman–Crippen LogP) is 4.96. The third-order valence-corrected chi connectivity index (χ3v) is 5.48. The summed E-state index contributed by atoms with van der Waals surface area (Å²) in [5, 5.41) is 0. The first-order valence-corrected chi connectivity index (χ1v) is 9.56. The Balaban J connectivity index is 2.25. The minimum atomic E-state index is -3.58. The number of hydrogen-bond donors (Lipinski definition) is 1. The van der Waals surface area contributed by atoms with Crippen LogP contribution in [0.3, 0.4) is 0 Å². The molecule has 0 heterocycles. The summed E-state index contributed by atoms with van der Waals surface area (Å²) >= 11 is 6.68. The molecule has 0 radical (unpaired) electrons. The summed E-state index contributed by atoms with van der Waals surface area (Å²) in [6, 6.07) is 12.3. The van der Waals surface area contributed by atoms with Crippen LogP contribution in [0.5, 0.6) is 0 Å². The monoisotopic (exact) mass is 431 g/mol. The number of anilines is 1. The summed E-state index contributed by atoms with van der Waals surface area (Å²) in [6.45, 7) is 2.09. The molecule has 0 bridgehead atoms. The first-order chi connectivity index (χ1) is 9.92. The Bertz CT molecular complexity index is 728. The van der Waals surface area contributed by atoms with Gasteiger partial charge in [0.15, 0.2) is 0 Å². The zero-order valence-corrected chi connectivity index (χ0v) is 15.4. The van der Waals surface area contributed by atoms with Crippen molar-refractivity contribution in [3.63, 3.8) is 0 Å². The molecule has 2 aromatic rings. The predicted molar refractivity (Wildman–Crippen MR) is 93.1 cm³/mol. The SMILES string of the molecule is CCCc1ccc(S(=O)(=O)Nc2ccc(Br)cc2Br)cc1. The molecule has 21 heavy (non-hydrogen) atoms. The summed E-state index contributed by atoms with van der Waals surface area (Å²) in [7, 11) is -3.58. The number of halogens is 2. The van der Waals surface area contributed by atoms with E-state index < -0.39 is 10.0 Å². The Labute approximate surface area is 142 Å². The van der Waals surface area contributed by atoms with Gasteiger partial charge in [0, 0.05) is 8.95 Å². The number of benzene rings is 2. The van der Waals surface area contributed by atoms with Crippen LogP contribution in [0, 0.1) is 0 Å². The Hall–Kier alpha value is -0.850. The minimum Gasteiger partial charge on any atom is -0.278 e. The molecule has 0 aliphatic carbocycles. The lowest BCUT2D eigenvalue weighted by atomic mass is 10.1. The number of sulfonamides is 1. The van der Waals surface area contributed by atoms with Crippen molar-refractivity contribution in [1.82, 2.24) is 0 Å². The van der Waals surface area contributed by atoms with E-state index in [0.717, 1.165) is 22.9 Å². The van der Waals surface area contributed by atoms with Crippen molar-refractivity contribution in [3.8, 4) is 0 Å². The van der Waals surface area contributed by atoms with Crippen molar-refractivity contribution in [2.75, 3.05) is 4.72 Å². The second-order valence-electron chi connectivity index (χ2n) is 4.62. The van der Waals surface area contributed by atoms with E-state index in [-0.39, 0.29) is 4.90 Å². The van der Waals surface area contributed by atoms with Gasteiger partial charge in [0.05, 0.1) is 10.6 Å². The van der Waals surface area contributed by atoms with Gasteiger partial charge in [-0.2, -0.15) is 0 Å². The molecule has 0 fully saturated rings. The number of aryl methyl sites for hydroxylation is 1. The highest BCUT2D eigenvalue weighted by molar-refractivity contribution is 9.11. The molecule has 0 amide bonds. The molecule has 112 valence electrons. The van der Waals surface area contributed by atoms with E-state index in [1.54, 1.807) is 30.3 Å². The molecule has 0 spiro atoms. The highest BCUT2D eigenvalue weighted by Crippen LogP contribution is 2.28. The molecule has 0 aliphatic heterocycles. The van der Waals surface area contributed by atoms with E-state index in [2.05, 4.69) is 43.5 Å². The highest BCUT2D eigenvalue weighted by Gasteiger charge is 2.15. The van der Waals surface area contributed by atoms with Gasteiger partial charge in [0.1, 0.15) is 0 Å². The average Bonchev–Trinajstić information content (AvgIpc) is 2.43. The van der Waals surface area contributed by atoms with Gasteiger partial charge < -0.3 is 0 Å². The second-order valence-corrected chi connectivity index (χ2v) is 8.08. The zero-order valence-electron chi connectivity index (χ0n) is 11.4. The smallest absolute Gasteiger partial charge is 0.261 e. The minimum absolute atomic E-state index is 0.261. The lowest BCUT2D eigenvalue weighted by molar-refractivity contribution is 0.601. The molecule has 0 saturated carbocycles. The molecule has 6 heteroatoms. The lowest BCUT2D eigenvalue weighted by Gasteiger charge is -2.10. The van der Waals surface area contributed by atoms with Gasteiger partial charge in [-0.25, -0.2) is 8.42 Å². The normalized spacial score (nSPS) is 11.4. The Morgan fingerprint density at radius 3 is 2.29 bits per heavy atom. The van der Waals surface area contributed by atoms with E-state index >= 15 is 0 Å². The van der Waals surface area contributed by atoms with E-state index in [1.807, 2.05) is 12.1 Å². The van der Waals surface area contributed by atoms with Gasteiger partial charge in [-0.15, -0.1) is 0 Å². The third kappa shape index (κ3) is 4.31. The van der Waals surface area contributed by atoms with E-state index in [1.165, 1.54) is 0 Å². The van der Waals surface area contributed by atoms with Gasteiger partial charge >= 0.3 is 0 Å². The maximum Gasteiger partial charge on any atom is 0.261 e. The van der Waals surface area contributed by atoms with Crippen LogP contribution in [0.15, 0.2) is 56.3 Å². The first kappa shape index (κ1) is 16.5. The second kappa shape index (κ2) is 6.94. The molecular formula is C15H15Br2NO2S. The summed E-state index contributed by atoms with van der Waals surface area (Å²) in [6.07, 6.45) is 1.99. The maximum atomic E-state index is 12.4. The summed E-state index contributed by atoms with van der Waals surface area (Å²) < 4.78 is 28.9. The summed E-state index contributed by atoms with van der Waals surface area (Å²) in [5.41, 5.74) is 1.65. The molecule has 0 aliphatic rings. The van der Waals surface area contributed by atoms with Crippen LogP contribution in [0.1, 0.15) is 18.9 Å². The topological polar surface area (TPSA) is 46.2 Å². The third-order valence-electron chi connectivity index (χ3n) is 2.95. The Kier molecular flexibility index (Phi) is 5.46. The zero-order chi connectivity index (χ0) is 15.5. The first-order valence-electron chi connectivity index (χ1n) is 6.49. The van der Waals surface area contributed by atoms with Crippen molar-refractivity contribution < 1.29 is 8.42 Å². The Morgan fingerprint density at radius 1 is 1.05 bits per heavy atom. The molecule has 0 aromatic heterocycles. The van der Waals surface area contributed by atoms with Crippen LogP contribution >= 0.6 is 31.9 Å². The number of hydrogen-bond acceptors (Lipinski definition) is 2. The van der Waals surface area contributed by atoms with Crippen LogP contribution in [-0.2, 0) is 16.4 Å². The molecule has 0 saturated heterocycles. The number of nitrogens with one attached hydrogen (secondary N) is 1. The van der Waals surface area contributed by atoms with Crippen molar-refractivity contribution in [2.45, 2.75) is 24.7 Å². The maximum absolute atomic E-state index is 12.4. The van der Waals surface area contributed by atoms with Gasteiger partial charge in [-0.3, -0.25) is 4.72 Å². The number of rotatable bonds is 5. The van der Waals surface area contributed by atoms with Crippen molar-refractivity contribution in [1.29, 1.82) is 0 Å². The molecule has 2 rings (SSSR count). The Morgan fingerprint density at radius 2 is 1.71 bits per heavy atom. The van der Waals surface area contributed by atoms with Crippen LogP contribution in [-0.4, -0.2) is 8.42 Å². The quantitative estimate of drug-likeness (QED) is 0.725. The molecule has 2 aromatic carbocycles. The molecule has 0 atom stereocenters. The fourth-order valence-electron chi connectivity index (χ4n) is 1.90. The van der Waals surface area contributed by atoms with Gasteiger partial charge in [-0.1, -0.05) is 41.4 Å². The highest BCUT2D eigenvalue weighted by atomic mass is 79.9. The van der Waals surface area contributed by atoms with Crippen LogP contribution in [0.2, 0.25) is 0 Å². The summed E-state index contributed by atoms with van der Waals surface area (Å²) in [4.78, 5) is 0.261. The molecular weight excluding hydrogens is 418 g/mol. The van der Waals surface area contributed by atoms with Gasteiger partial charge in [0.2, 0.25) is 0 Å². The summed E-state index contributed by atoms with van der Waals surface area (Å²) in [5.74, 6) is 0. The lowest BCUT2D eigenvalue weighted by Crippen LogP contribution is -2.13. The van der Waals surface area contributed by atoms with Crippen molar-refractivity contribution >= 4 is 47.6 Å². The fourth-order valence-corrected chi connectivity index (χ4v) is 4.26. The van der Waals surface area contributed by atoms with Crippen molar-refractivity contribution in [3.05, 3.63) is 57.0 Å². The van der Waals surface area contributed by atoms with Crippen LogP contribution < -0.4 is 4.72 Å². The average molecular weight is 433 g/mol. The fraction of sp³-hybridized carbons (Fsp3) is 0.200. The van der Waals surface area contributed by atoms with E-state index in [9.17, 15) is 8.42 Å². The van der Waals surface area contributed by atoms with E-state index in [4.69, 9.17) is 0 Å². The van der Waals surface area contributed by atoms with Crippen LogP contribution in [0.4, 0.5) is 5.69 Å². The largest absolute Gasteiger partial charge is 0.278 e. The van der Waals surface area contributed by atoms with Crippen molar-refractivity contribution in [2.24, 2.45) is 0 Å².